The van der Waals surface area contributed by atoms with Crippen molar-refractivity contribution in [2.24, 2.45) is 5.92 Å². The van der Waals surface area contributed by atoms with Gasteiger partial charge >= 0.3 is 0 Å². The molecule has 1 unspecified atom stereocenters. The maximum Gasteiger partial charge on any atom is 0.0794 e. The third-order valence-electron chi connectivity index (χ3n) is 3.20. The highest BCUT2D eigenvalue weighted by atomic mass is 16.3. The van der Waals surface area contributed by atoms with Gasteiger partial charge in [0.05, 0.1) is 6.10 Å². The van der Waals surface area contributed by atoms with Crippen LogP contribution < -0.4 is 0 Å². The number of hydrogen-bond acceptors (Lipinski definition) is 2. The van der Waals surface area contributed by atoms with E-state index in [-0.39, 0.29) is 6.10 Å². The van der Waals surface area contributed by atoms with Gasteiger partial charge in [-0.25, -0.2) is 0 Å². The number of rotatable bonds is 5. The molecule has 1 heterocycles. The molecule has 1 rings (SSSR count). The molecule has 0 radical (unpaired) electrons. The summed E-state index contributed by atoms with van der Waals surface area (Å²) in [5, 5.41) is 10.2. The molecule has 1 atom stereocenters. The zero-order valence-electron chi connectivity index (χ0n) is 10.8. The lowest BCUT2D eigenvalue weighted by molar-refractivity contribution is 0.141. The zero-order chi connectivity index (χ0) is 12.1. The number of nitrogens with zero attached hydrogens (tertiary/aromatic N) is 1. The van der Waals surface area contributed by atoms with Crippen LogP contribution in [-0.2, 0) is 0 Å². The number of aliphatic hydroxyl groups is 1. The largest absolute Gasteiger partial charge is 0.388 e. The summed E-state index contributed by atoms with van der Waals surface area (Å²) >= 11 is 0. The average molecular weight is 221 g/mol. The predicted molar refractivity (Wildman–Crippen MR) is 67.4 cm³/mol. The highest BCUT2D eigenvalue weighted by Gasteiger charge is 2.14. The Bertz CT molecular complexity index is 311. The number of aromatic nitrogens is 1. The van der Waals surface area contributed by atoms with E-state index in [2.05, 4.69) is 18.8 Å². The van der Waals surface area contributed by atoms with Crippen LogP contribution in [0.2, 0.25) is 0 Å². The van der Waals surface area contributed by atoms with Crippen LogP contribution in [0.15, 0.2) is 12.1 Å². The molecular formula is C14H23NO. The molecule has 0 saturated heterocycles. The molecule has 0 spiro atoms. The van der Waals surface area contributed by atoms with Crippen LogP contribution in [-0.4, -0.2) is 10.1 Å². The SMILES string of the molecule is CCC(CC)CC(O)c1cc(C)nc(C)c1. The van der Waals surface area contributed by atoms with Crippen LogP contribution in [0.1, 0.15) is 56.2 Å². The van der Waals surface area contributed by atoms with Gasteiger partial charge in [-0.1, -0.05) is 26.7 Å². The molecular weight excluding hydrogens is 198 g/mol. The van der Waals surface area contributed by atoms with Gasteiger partial charge in [0.25, 0.3) is 0 Å². The fraction of sp³-hybridized carbons (Fsp3) is 0.643. The maximum absolute atomic E-state index is 10.2. The minimum absolute atomic E-state index is 0.342. The quantitative estimate of drug-likeness (QED) is 0.824. The lowest BCUT2D eigenvalue weighted by atomic mass is 9.93. The fourth-order valence-electron chi connectivity index (χ4n) is 2.13. The summed E-state index contributed by atoms with van der Waals surface area (Å²) in [5.41, 5.74) is 2.98. The van der Waals surface area contributed by atoms with E-state index in [1.54, 1.807) is 0 Å². The Balaban J connectivity index is 2.75. The number of hydrogen-bond donors (Lipinski definition) is 1. The van der Waals surface area contributed by atoms with Gasteiger partial charge in [0.2, 0.25) is 0 Å². The fourth-order valence-corrected chi connectivity index (χ4v) is 2.13. The molecule has 0 bridgehead atoms. The molecule has 0 aliphatic rings. The standard InChI is InChI=1S/C14H23NO/c1-5-12(6-2)9-14(16)13-7-10(3)15-11(4)8-13/h7-8,12,14,16H,5-6,9H2,1-4H3. The highest BCUT2D eigenvalue weighted by molar-refractivity contribution is 5.22. The lowest BCUT2D eigenvalue weighted by Gasteiger charge is -2.18. The Morgan fingerprint density at radius 3 is 2.06 bits per heavy atom. The topological polar surface area (TPSA) is 33.1 Å². The van der Waals surface area contributed by atoms with Gasteiger partial charge in [0, 0.05) is 11.4 Å². The summed E-state index contributed by atoms with van der Waals surface area (Å²) in [6.45, 7) is 8.31. The summed E-state index contributed by atoms with van der Waals surface area (Å²) in [6.07, 6.45) is 2.79. The number of aryl methyl sites for hydroxylation is 2. The predicted octanol–water partition coefficient (Wildman–Crippen LogP) is 3.56. The third-order valence-corrected chi connectivity index (χ3v) is 3.20. The highest BCUT2D eigenvalue weighted by Crippen LogP contribution is 2.25. The second kappa shape index (κ2) is 6.00. The van der Waals surface area contributed by atoms with Gasteiger partial charge < -0.3 is 5.11 Å². The van der Waals surface area contributed by atoms with Gasteiger partial charge in [-0.05, 0) is 43.9 Å². The molecule has 1 N–H and O–H groups in total. The van der Waals surface area contributed by atoms with Gasteiger partial charge in [-0.3, -0.25) is 4.98 Å². The van der Waals surface area contributed by atoms with E-state index in [1.807, 2.05) is 26.0 Å². The average Bonchev–Trinajstić information content (AvgIpc) is 2.24. The van der Waals surface area contributed by atoms with Crippen molar-refractivity contribution < 1.29 is 5.11 Å². The maximum atomic E-state index is 10.2. The van der Waals surface area contributed by atoms with Gasteiger partial charge in [-0.2, -0.15) is 0 Å². The molecule has 0 fully saturated rings. The van der Waals surface area contributed by atoms with Crippen molar-refractivity contribution in [1.82, 2.24) is 4.98 Å². The van der Waals surface area contributed by atoms with Crippen LogP contribution in [0.5, 0.6) is 0 Å². The van der Waals surface area contributed by atoms with E-state index < -0.39 is 0 Å². The molecule has 0 aromatic carbocycles. The summed E-state index contributed by atoms with van der Waals surface area (Å²) in [7, 11) is 0. The smallest absolute Gasteiger partial charge is 0.0794 e. The van der Waals surface area contributed by atoms with Crippen LogP contribution in [0.3, 0.4) is 0 Å². The molecule has 90 valence electrons. The molecule has 1 aromatic rings. The van der Waals surface area contributed by atoms with Crippen molar-refractivity contribution in [3.63, 3.8) is 0 Å². The van der Waals surface area contributed by atoms with Crippen molar-refractivity contribution in [1.29, 1.82) is 0 Å². The molecule has 2 nitrogen and oxygen atoms in total. The minimum atomic E-state index is -0.342. The van der Waals surface area contributed by atoms with Crippen LogP contribution >= 0.6 is 0 Å². The molecule has 1 aromatic heterocycles. The third kappa shape index (κ3) is 3.60. The Morgan fingerprint density at radius 2 is 1.62 bits per heavy atom. The van der Waals surface area contributed by atoms with E-state index in [0.717, 1.165) is 36.2 Å². The van der Waals surface area contributed by atoms with E-state index in [1.165, 1.54) is 0 Å². The molecule has 0 aliphatic carbocycles. The molecule has 0 saturated carbocycles. The second-order valence-electron chi connectivity index (χ2n) is 4.62. The van der Waals surface area contributed by atoms with Crippen molar-refractivity contribution in [2.75, 3.05) is 0 Å². The Labute approximate surface area is 98.7 Å². The lowest BCUT2D eigenvalue weighted by Crippen LogP contribution is -2.07. The first-order chi connectivity index (χ1) is 7.56. The molecule has 0 amide bonds. The summed E-state index contributed by atoms with van der Waals surface area (Å²) < 4.78 is 0. The minimum Gasteiger partial charge on any atom is -0.388 e. The van der Waals surface area contributed by atoms with E-state index in [9.17, 15) is 5.11 Å². The van der Waals surface area contributed by atoms with Crippen molar-refractivity contribution in [2.45, 2.75) is 53.1 Å². The van der Waals surface area contributed by atoms with E-state index >= 15 is 0 Å². The van der Waals surface area contributed by atoms with Crippen molar-refractivity contribution in [3.05, 3.63) is 29.1 Å². The summed E-state index contributed by atoms with van der Waals surface area (Å²) in [5.74, 6) is 0.615. The van der Waals surface area contributed by atoms with Crippen LogP contribution in [0.4, 0.5) is 0 Å². The monoisotopic (exact) mass is 221 g/mol. The van der Waals surface area contributed by atoms with Crippen LogP contribution in [0, 0.1) is 19.8 Å². The Kier molecular flexibility index (Phi) is 4.94. The normalized spacial score (nSPS) is 13.1. The Hall–Kier alpha value is -0.890. The number of aliphatic hydroxyl groups excluding tert-OH is 1. The van der Waals surface area contributed by atoms with Crippen molar-refractivity contribution in [3.8, 4) is 0 Å². The van der Waals surface area contributed by atoms with Crippen LogP contribution in [0.25, 0.3) is 0 Å². The first kappa shape index (κ1) is 13.2. The summed E-state index contributed by atoms with van der Waals surface area (Å²) in [4.78, 5) is 4.33. The van der Waals surface area contributed by atoms with Gasteiger partial charge in [0.15, 0.2) is 0 Å². The summed E-state index contributed by atoms with van der Waals surface area (Å²) in [6, 6.07) is 3.97. The molecule has 0 aliphatic heterocycles. The second-order valence-corrected chi connectivity index (χ2v) is 4.62. The molecule has 16 heavy (non-hydrogen) atoms. The van der Waals surface area contributed by atoms with Gasteiger partial charge in [-0.15, -0.1) is 0 Å². The number of pyridine rings is 1. The van der Waals surface area contributed by atoms with E-state index in [4.69, 9.17) is 0 Å². The zero-order valence-corrected chi connectivity index (χ0v) is 10.8. The van der Waals surface area contributed by atoms with Crippen molar-refractivity contribution >= 4 is 0 Å². The van der Waals surface area contributed by atoms with Gasteiger partial charge in [0.1, 0.15) is 0 Å². The first-order valence-corrected chi connectivity index (χ1v) is 6.20. The molecule has 2 heteroatoms. The van der Waals surface area contributed by atoms with E-state index in [0.29, 0.717) is 5.92 Å². The first-order valence-electron chi connectivity index (χ1n) is 6.20. The Morgan fingerprint density at radius 1 is 1.12 bits per heavy atom.